The van der Waals surface area contributed by atoms with E-state index in [9.17, 15) is 31.0 Å². The summed E-state index contributed by atoms with van der Waals surface area (Å²) in [7, 11) is -7.92. The number of rotatable bonds is 9. The first kappa shape index (κ1) is 30.2. The predicted molar refractivity (Wildman–Crippen MR) is 163 cm³/mol. The van der Waals surface area contributed by atoms with Gasteiger partial charge in [0.05, 0.1) is 23.4 Å². The molecule has 0 aromatic heterocycles. The Bertz CT molecular complexity index is 2140. The van der Waals surface area contributed by atoms with Gasteiger partial charge in [-0.05, 0) is 78.2 Å². The molecule has 44 heavy (non-hydrogen) atoms. The third kappa shape index (κ3) is 6.87. The molecule has 0 fully saturated rings. The number of benzene rings is 5. The third-order valence-corrected chi connectivity index (χ3v) is 7.95. The first-order chi connectivity index (χ1) is 20.9. The molecule has 5 aromatic rings. The van der Waals surface area contributed by atoms with Gasteiger partial charge in [-0.15, -0.1) is 10.2 Å². The summed E-state index contributed by atoms with van der Waals surface area (Å²) in [5.74, 6) is -0.410. The lowest BCUT2D eigenvalue weighted by molar-refractivity contribution is 0.413. The zero-order chi connectivity index (χ0) is 31.5. The lowest BCUT2D eigenvalue weighted by Crippen LogP contribution is -1.99. The zero-order valence-electron chi connectivity index (χ0n) is 22.7. The van der Waals surface area contributed by atoms with E-state index in [0.717, 1.165) is 17.8 Å². The van der Waals surface area contributed by atoms with Crippen LogP contribution in [0, 0.1) is 0 Å². The standard InChI is InChI=1S/C29H23N5O8S2/c1-42-26-17-23(43(36,37)38)12-14-25(26)33-31-20-7-9-21(10-8-20)32-34-28-27(44(39,40)41)16-18-15-22(11-13-24(18)29(28)35)30-19-5-3-2-4-6-19/h2-17,30,35H,1H3,(H,36,37,38)(H,39,40,41). The molecule has 224 valence electrons. The number of fused-ring (bicyclic) bond motifs is 1. The lowest BCUT2D eigenvalue weighted by Gasteiger charge is -2.11. The summed E-state index contributed by atoms with van der Waals surface area (Å²) in [6.07, 6.45) is 0. The number of hydrogen-bond acceptors (Lipinski definition) is 11. The quantitative estimate of drug-likeness (QED) is 0.0930. The van der Waals surface area contributed by atoms with Crippen molar-refractivity contribution in [3.63, 3.8) is 0 Å². The van der Waals surface area contributed by atoms with E-state index in [4.69, 9.17) is 4.74 Å². The number of anilines is 2. The van der Waals surface area contributed by atoms with Gasteiger partial charge in [-0.2, -0.15) is 27.1 Å². The Labute approximate surface area is 251 Å². The summed E-state index contributed by atoms with van der Waals surface area (Å²) in [5.41, 5.74) is 1.84. The highest BCUT2D eigenvalue weighted by molar-refractivity contribution is 7.86. The number of para-hydroxylation sites is 1. The van der Waals surface area contributed by atoms with Crippen LogP contribution in [0.25, 0.3) is 10.8 Å². The maximum Gasteiger partial charge on any atom is 0.296 e. The van der Waals surface area contributed by atoms with Crippen molar-refractivity contribution in [1.29, 1.82) is 0 Å². The smallest absolute Gasteiger partial charge is 0.296 e. The second-order valence-corrected chi connectivity index (χ2v) is 12.0. The highest BCUT2D eigenvalue weighted by atomic mass is 32.2. The molecule has 13 nitrogen and oxygen atoms in total. The minimum atomic E-state index is -4.80. The Morgan fingerprint density at radius 2 is 1.34 bits per heavy atom. The number of phenols is 1. The van der Waals surface area contributed by atoms with Crippen molar-refractivity contribution in [2.24, 2.45) is 20.5 Å². The van der Waals surface area contributed by atoms with Crippen molar-refractivity contribution >= 4 is 65.1 Å². The van der Waals surface area contributed by atoms with Gasteiger partial charge in [0.2, 0.25) is 0 Å². The van der Waals surface area contributed by atoms with Gasteiger partial charge < -0.3 is 15.2 Å². The second kappa shape index (κ2) is 12.2. The van der Waals surface area contributed by atoms with E-state index in [1.807, 2.05) is 30.3 Å². The lowest BCUT2D eigenvalue weighted by atomic mass is 10.1. The van der Waals surface area contributed by atoms with Crippen LogP contribution in [0.15, 0.2) is 127 Å². The maximum atomic E-state index is 12.2. The summed E-state index contributed by atoms with van der Waals surface area (Å²) < 4.78 is 71.4. The summed E-state index contributed by atoms with van der Waals surface area (Å²) in [4.78, 5) is -0.982. The van der Waals surface area contributed by atoms with E-state index in [1.54, 1.807) is 18.2 Å². The van der Waals surface area contributed by atoms with Crippen LogP contribution in [0.1, 0.15) is 0 Å². The summed E-state index contributed by atoms with van der Waals surface area (Å²) in [5, 5.41) is 30.8. The summed E-state index contributed by atoms with van der Waals surface area (Å²) >= 11 is 0. The van der Waals surface area contributed by atoms with Gasteiger partial charge in [0.15, 0.2) is 5.75 Å². The molecule has 4 N–H and O–H groups in total. The van der Waals surface area contributed by atoms with Crippen LogP contribution in [0.3, 0.4) is 0 Å². The average molecular weight is 634 g/mol. The SMILES string of the molecule is COc1cc(S(=O)(=O)O)ccc1N=Nc1ccc(N=Nc2c(S(=O)(=O)O)cc3cc(Nc4ccccc4)ccc3c2O)cc1. The van der Waals surface area contributed by atoms with Crippen molar-refractivity contribution in [2.75, 3.05) is 12.4 Å². The molecule has 0 aliphatic heterocycles. The number of aromatic hydroxyl groups is 1. The molecule has 0 saturated heterocycles. The first-order valence-electron chi connectivity index (χ1n) is 12.6. The van der Waals surface area contributed by atoms with E-state index in [-0.39, 0.29) is 22.0 Å². The van der Waals surface area contributed by atoms with Gasteiger partial charge in [-0.1, -0.05) is 18.2 Å². The van der Waals surface area contributed by atoms with Crippen LogP contribution in [0.5, 0.6) is 11.5 Å². The number of azo groups is 2. The number of hydrogen-bond donors (Lipinski definition) is 4. The molecule has 0 unspecified atom stereocenters. The Morgan fingerprint density at radius 3 is 1.95 bits per heavy atom. The van der Waals surface area contributed by atoms with E-state index < -0.39 is 36.6 Å². The molecule has 15 heteroatoms. The Hall–Kier alpha value is -5.22. The van der Waals surface area contributed by atoms with Crippen LogP contribution in [-0.4, -0.2) is 38.2 Å². The van der Waals surface area contributed by atoms with Gasteiger partial charge in [0, 0.05) is 22.8 Å². The molecular formula is C29H23N5O8S2. The minimum absolute atomic E-state index is 0.0720. The van der Waals surface area contributed by atoms with Gasteiger partial charge in [-0.25, -0.2) is 0 Å². The largest absolute Gasteiger partial charge is 0.505 e. The number of nitrogens with one attached hydrogen (secondary N) is 1. The van der Waals surface area contributed by atoms with Crippen LogP contribution in [-0.2, 0) is 20.2 Å². The third-order valence-electron chi connectivity index (χ3n) is 6.23. The van der Waals surface area contributed by atoms with E-state index in [0.29, 0.717) is 22.1 Å². The van der Waals surface area contributed by atoms with Gasteiger partial charge >= 0.3 is 0 Å². The molecule has 0 amide bonds. The highest BCUT2D eigenvalue weighted by Gasteiger charge is 2.22. The normalized spacial score (nSPS) is 12.2. The van der Waals surface area contributed by atoms with Crippen LogP contribution < -0.4 is 10.1 Å². The van der Waals surface area contributed by atoms with Crippen molar-refractivity contribution in [3.05, 3.63) is 97.1 Å². The minimum Gasteiger partial charge on any atom is -0.505 e. The first-order valence-corrected chi connectivity index (χ1v) is 15.5. The number of ether oxygens (including phenoxy) is 1. The van der Waals surface area contributed by atoms with Crippen LogP contribution in [0.2, 0.25) is 0 Å². The van der Waals surface area contributed by atoms with Gasteiger partial charge in [0.1, 0.15) is 22.0 Å². The van der Waals surface area contributed by atoms with Crippen molar-refractivity contribution in [3.8, 4) is 11.5 Å². The molecule has 5 rings (SSSR count). The Morgan fingerprint density at radius 1 is 0.682 bits per heavy atom. The molecule has 0 aliphatic carbocycles. The number of methoxy groups -OCH3 is 1. The number of nitrogens with zero attached hydrogens (tertiary/aromatic N) is 4. The average Bonchev–Trinajstić information content (AvgIpc) is 2.99. The molecule has 0 radical (unpaired) electrons. The van der Waals surface area contributed by atoms with Gasteiger partial charge in [-0.3, -0.25) is 9.11 Å². The van der Waals surface area contributed by atoms with Crippen LogP contribution in [0.4, 0.5) is 34.1 Å². The zero-order valence-corrected chi connectivity index (χ0v) is 24.4. The number of phenolic OH excluding ortho intramolecular Hbond substituents is 1. The van der Waals surface area contributed by atoms with E-state index in [1.165, 1.54) is 43.5 Å². The molecule has 0 bridgehead atoms. The van der Waals surface area contributed by atoms with E-state index in [2.05, 4.69) is 25.8 Å². The topological polar surface area (TPSA) is 200 Å². The fourth-order valence-corrected chi connectivity index (χ4v) is 5.27. The molecule has 0 aliphatic rings. The molecular weight excluding hydrogens is 610 g/mol. The molecule has 0 spiro atoms. The second-order valence-electron chi connectivity index (χ2n) is 9.20. The van der Waals surface area contributed by atoms with Crippen LogP contribution >= 0.6 is 0 Å². The van der Waals surface area contributed by atoms with E-state index >= 15 is 0 Å². The maximum absolute atomic E-state index is 12.2. The Kier molecular flexibility index (Phi) is 8.37. The molecule has 5 aromatic carbocycles. The molecule has 0 saturated carbocycles. The monoisotopic (exact) mass is 633 g/mol. The molecule has 0 atom stereocenters. The predicted octanol–water partition coefficient (Wildman–Crippen LogP) is 7.62. The van der Waals surface area contributed by atoms with Crippen molar-refractivity contribution < 1.29 is 35.8 Å². The van der Waals surface area contributed by atoms with Crippen molar-refractivity contribution in [2.45, 2.75) is 9.79 Å². The Balaban J connectivity index is 1.41. The fourth-order valence-electron chi connectivity index (χ4n) is 4.12. The fraction of sp³-hybridized carbons (Fsp3) is 0.0345. The van der Waals surface area contributed by atoms with Gasteiger partial charge in [0.25, 0.3) is 20.2 Å². The molecule has 0 heterocycles. The summed E-state index contributed by atoms with van der Waals surface area (Å²) in [6, 6.07) is 25.1. The highest BCUT2D eigenvalue weighted by Crippen LogP contribution is 2.42. The van der Waals surface area contributed by atoms with Crippen molar-refractivity contribution in [1.82, 2.24) is 0 Å². The summed E-state index contributed by atoms with van der Waals surface area (Å²) in [6.45, 7) is 0.